The number of rotatable bonds is 3. The summed E-state index contributed by atoms with van der Waals surface area (Å²) in [5, 5.41) is 0. The van der Waals surface area contributed by atoms with Crippen LogP contribution in [0.25, 0.3) is 0 Å². The summed E-state index contributed by atoms with van der Waals surface area (Å²) in [6, 6.07) is 0. The van der Waals surface area contributed by atoms with Crippen LogP contribution in [0.4, 0.5) is 4.79 Å². The summed E-state index contributed by atoms with van der Waals surface area (Å²) in [6.45, 7) is 4.68. The monoisotopic (exact) mass is 252 g/mol. The maximum Gasteiger partial charge on any atom is 0.409 e. The number of piperazine rings is 1. The Morgan fingerprint density at radius 2 is 2.06 bits per heavy atom. The average molecular weight is 252 g/mol. The van der Waals surface area contributed by atoms with Crippen molar-refractivity contribution in [3.63, 3.8) is 0 Å². The van der Waals surface area contributed by atoms with Crippen molar-refractivity contribution >= 4 is 6.09 Å². The number of ether oxygens (including phenoxy) is 1. The van der Waals surface area contributed by atoms with Crippen LogP contribution in [0.5, 0.6) is 0 Å². The van der Waals surface area contributed by atoms with Gasteiger partial charge in [-0.2, -0.15) is 0 Å². The average Bonchev–Trinajstić information content (AvgIpc) is 2.46. The van der Waals surface area contributed by atoms with E-state index in [1.807, 2.05) is 0 Å². The van der Waals surface area contributed by atoms with E-state index in [2.05, 4.69) is 11.0 Å². The fourth-order valence-corrected chi connectivity index (χ4v) is 2.72. The molecule has 102 valence electrons. The van der Waals surface area contributed by atoms with Gasteiger partial charge in [-0.15, -0.1) is 0 Å². The minimum Gasteiger partial charge on any atom is -0.453 e. The van der Waals surface area contributed by atoms with Gasteiger partial charge in [-0.05, 0) is 32.1 Å². The second-order valence-electron chi connectivity index (χ2n) is 5.16. The van der Waals surface area contributed by atoms with Crippen molar-refractivity contribution < 1.29 is 9.53 Å². The van der Waals surface area contributed by atoms with Gasteiger partial charge in [0.05, 0.1) is 7.11 Å². The van der Waals surface area contributed by atoms with Crippen LogP contribution in [-0.4, -0.2) is 55.7 Å². The van der Waals surface area contributed by atoms with Gasteiger partial charge in [0, 0.05) is 32.7 Å². The highest BCUT2D eigenvalue weighted by molar-refractivity contribution is 5.67. The SMILES string of the molecule is COC(=O)N1CCN(CCC2=CCCCC2)CC1. The minimum absolute atomic E-state index is 0.190. The first-order chi connectivity index (χ1) is 8.79. The molecule has 0 radical (unpaired) electrons. The number of hydrogen-bond donors (Lipinski definition) is 0. The van der Waals surface area contributed by atoms with Gasteiger partial charge >= 0.3 is 6.09 Å². The zero-order chi connectivity index (χ0) is 12.8. The molecule has 0 atom stereocenters. The molecular formula is C14H24N2O2. The van der Waals surface area contributed by atoms with Crippen LogP contribution >= 0.6 is 0 Å². The van der Waals surface area contributed by atoms with Gasteiger partial charge in [0.1, 0.15) is 0 Å². The van der Waals surface area contributed by atoms with Crippen LogP contribution in [0.15, 0.2) is 11.6 Å². The first-order valence-electron chi connectivity index (χ1n) is 7.03. The minimum atomic E-state index is -0.190. The van der Waals surface area contributed by atoms with Crippen LogP contribution in [0.2, 0.25) is 0 Å². The lowest BCUT2D eigenvalue weighted by atomic mass is 9.97. The summed E-state index contributed by atoms with van der Waals surface area (Å²) >= 11 is 0. The Morgan fingerprint density at radius 1 is 1.28 bits per heavy atom. The second-order valence-corrected chi connectivity index (χ2v) is 5.16. The standard InChI is InChI=1S/C14H24N2O2/c1-18-14(17)16-11-9-15(10-12-16)8-7-13-5-3-2-4-6-13/h5H,2-4,6-12H2,1H3. The zero-order valence-corrected chi connectivity index (χ0v) is 11.4. The molecule has 0 bridgehead atoms. The molecule has 4 heteroatoms. The Balaban J connectivity index is 1.67. The molecule has 1 amide bonds. The third-order valence-electron chi connectivity index (χ3n) is 3.94. The number of carbonyl (C=O) groups excluding carboxylic acids is 1. The van der Waals surface area contributed by atoms with Crippen LogP contribution in [0.1, 0.15) is 32.1 Å². The summed E-state index contributed by atoms with van der Waals surface area (Å²) in [5.41, 5.74) is 1.64. The van der Waals surface area contributed by atoms with E-state index in [0.29, 0.717) is 0 Å². The molecule has 1 aliphatic heterocycles. The molecule has 0 saturated carbocycles. The van der Waals surface area contributed by atoms with E-state index in [1.54, 1.807) is 10.5 Å². The third kappa shape index (κ3) is 3.73. The molecule has 4 nitrogen and oxygen atoms in total. The van der Waals surface area contributed by atoms with Crippen molar-refractivity contribution in [3.05, 3.63) is 11.6 Å². The Bertz CT molecular complexity index is 307. The molecule has 1 aliphatic carbocycles. The molecule has 1 fully saturated rings. The highest BCUT2D eigenvalue weighted by atomic mass is 16.5. The molecule has 0 unspecified atom stereocenters. The Hall–Kier alpha value is -1.03. The van der Waals surface area contributed by atoms with Gasteiger partial charge in [-0.1, -0.05) is 11.6 Å². The molecule has 1 heterocycles. The van der Waals surface area contributed by atoms with E-state index in [1.165, 1.54) is 39.2 Å². The lowest BCUT2D eigenvalue weighted by Gasteiger charge is -2.34. The van der Waals surface area contributed by atoms with Gasteiger partial charge < -0.3 is 9.64 Å². The van der Waals surface area contributed by atoms with Crippen molar-refractivity contribution in [2.75, 3.05) is 39.8 Å². The quantitative estimate of drug-likeness (QED) is 0.722. The van der Waals surface area contributed by atoms with Gasteiger partial charge in [0.2, 0.25) is 0 Å². The molecule has 0 N–H and O–H groups in total. The second kappa shape index (κ2) is 6.78. The Labute approximate surface area is 110 Å². The van der Waals surface area contributed by atoms with Crippen molar-refractivity contribution in [1.82, 2.24) is 9.80 Å². The molecular weight excluding hydrogens is 228 g/mol. The number of hydrogen-bond acceptors (Lipinski definition) is 3. The highest BCUT2D eigenvalue weighted by Gasteiger charge is 2.21. The number of amides is 1. The van der Waals surface area contributed by atoms with E-state index >= 15 is 0 Å². The highest BCUT2D eigenvalue weighted by Crippen LogP contribution is 2.20. The Kier molecular flexibility index (Phi) is 5.05. The van der Waals surface area contributed by atoms with Gasteiger partial charge in [0.25, 0.3) is 0 Å². The molecule has 0 aromatic heterocycles. The first kappa shape index (κ1) is 13.4. The normalized spacial score (nSPS) is 21.6. The molecule has 1 saturated heterocycles. The smallest absolute Gasteiger partial charge is 0.409 e. The summed E-state index contributed by atoms with van der Waals surface area (Å²) in [7, 11) is 1.45. The van der Waals surface area contributed by atoms with Gasteiger partial charge in [-0.3, -0.25) is 4.90 Å². The van der Waals surface area contributed by atoms with Crippen LogP contribution < -0.4 is 0 Å². The first-order valence-corrected chi connectivity index (χ1v) is 7.03. The van der Waals surface area contributed by atoms with Crippen molar-refractivity contribution in [1.29, 1.82) is 0 Å². The van der Waals surface area contributed by atoms with Crippen molar-refractivity contribution in [2.45, 2.75) is 32.1 Å². The summed E-state index contributed by atoms with van der Waals surface area (Å²) in [4.78, 5) is 15.6. The van der Waals surface area contributed by atoms with Gasteiger partial charge in [-0.25, -0.2) is 4.79 Å². The summed E-state index contributed by atoms with van der Waals surface area (Å²) < 4.78 is 4.74. The predicted molar refractivity (Wildman–Crippen MR) is 71.6 cm³/mol. The van der Waals surface area contributed by atoms with Gasteiger partial charge in [0.15, 0.2) is 0 Å². The van der Waals surface area contributed by atoms with Crippen LogP contribution in [-0.2, 0) is 4.74 Å². The van der Waals surface area contributed by atoms with E-state index in [-0.39, 0.29) is 6.09 Å². The summed E-state index contributed by atoms with van der Waals surface area (Å²) in [6.07, 6.45) is 8.73. The van der Waals surface area contributed by atoms with E-state index < -0.39 is 0 Å². The lowest BCUT2D eigenvalue weighted by molar-refractivity contribution is 0.0913. The van der Waals surface area contributed by atoms with Crippen LogP contribution in [0.3, 0.4) is 0 Å². The van der Waals surface area contributed by atoms with Crippen molar-refractivity contribution in [2.24, 2.45) is 0 Å². The molecule has 0 aromatic rings. The molecule has 2 rings (SSSR count). The molecule has 0 spiro atoms. The third-order valence-corrected chi connectivity index (χ3v) is 3.94. The zero-order valence-electron chi connectivity index (χ0n) is 11.4. The fourth-order valence-electron chi connectivity index (χ4n) is 2.72. The van der Waals surface area contributed by atoms with Crippen LogP contribution in [0, 0.1) is 0 Å². The van der Waals surface area contributed by atoms with E-state index in [0.717, 1.165) is 32.7 Å². The molecule has 18 heavy (non-hydrogen) atoms. The predicted octanol–water partition coefficient (Wildman–Crippen LogP) is 2.26. The topological polar surface area (TPSA) is 32.8 Å². The lowest BCUT2D eigenvalue weighted by Crippen LogP contribution is -2.48. The van der Waals surface area contributed by atoms with Crippen molar-refractivity contribution in [3.8, 4) is 0 Å². The number of allylic oxidation sites excluding steroid dienone is 1. The number of nitrogens with zero attached hydrogens (tertiary/aromatic N) is 2. The number of methoxy groups -OCH3 is 1. The Morgan fingerprint density at radius 3 is 2.67 bits per heavy atom. The largest absolute Gasteiger partial charge is 0.453 e. The molecule has 0 aromatic carbocycles. The van der Waals surface area contributed by atoms with E-state index in [4.69, 9.17) is 4.74 Å². The maximum absolute atomic E-state index is 11.4. The van der Waals surface area contributed by atoms with E-state index in [9.17, 15) is 4.79 Å². The fraction of sp³-hybridized carbons (Fsp3) is 0.786. The summed E-state index contributed by atoms with van der Waals surface area (Å²) in [5.74, 6) is 0. The number of carbonyl (C=O) groups is 1. The maximum atomic E-state index is 11.4. The molecule has 2 aliphatic rings.